The summed E-state index contributed by atoms with van der Waals surface area (Å²) in [6.07, 6.45) is 5.84. The van der Waals surface area contributed by atoms with E-state index in [0.717, 1.165) is 23.7 Å². The molecule has 3 rings (SSSR count). The molecular weight excluding hydrogens is 246 g/mol. The minimum atomic E-state index is -0.573. The highest BCUT2D eigenvalue weighted by Crippen LogP contribution is 2.23. The molecule has 0 bridgehead atoms. The van der Waals surface area contributed by atoms with Crippen LogP contribution in [0.2, 0.25) is 0 Å². The number of benzene rings is 1. The second-order valence-electron chi connectivity index (χ2n) is 4.90. The molecule has 19 heavy (non-hydrogen) atoms. The Morgan fingerprint density at radius 3 is 2.42 bits per heavy atom. The summed E-state index contributed by atoms with van der Waals surface area (Å²) in [7, 11) is 0. The predicted molar refractivity (Wildman–Crippen MR) is 69.5 cm³/mol. The number of nitrogens with one attached hydrogen (secondary N) is 1. The van der Waals surface area contributed by atoms with E-state index in [0.29, 0.717) is 11.6 Å². The van der Waals surface area contributed by atoms with Gasteiger partial charge in [0.1, 0.15) is 11.6 Å². The Labute approximate surface area is 110 Å². The Kier molecular flexibility index (Phi) is 3.25. The topological polar surface area (TPSA) is 24.9 Å². The zero-order chi connectivity index (χ0) is 13.2. The van der Waals surface area contributed by atoms with Crippen LogP contribution in [0, 0.1) is 11.6 Å². The number of aromatic nitrogens is 1. The van der Waals surface area contributed by atoms with E-state index >= 15 is 0 Å². The molecule has 1 aromatic heterocycles. The molecule has 4 heteroatoms. The van der Waals surface area contributed by atoms with Gasteiger partial charge in [0, 0.05) is 36.6 Å². The summed E-state index contributed by atoms with van der Waals surface area (Å²) in [5.41, 5.74) is 2.26. The van der Waals surface area contributed by atoms with E-state index in [4.69, 9.17) is 0 Å². The number of hydrogen-bond donors (Lipinski definition) is 1. The first-order valence-electron chi connectivity index (χ1n) is 6.34. The van der Waals surface area contributed by atoms with Gasteiger partial charge in [-0.1, -0.05) is 0 Å². The number of nitrogens with zero attached hydrogens (tertiary/aromatic N) is 1. The molecule has 1 fully saturated rings. The van der Waals surface area contributed by atoms with Crippen molar-refractivity contribution in [1.82, 2.24) is 10.3 Å². The smallest absolute Gasteiger partial charge is 0.126 e. The van der Waals surface area contributed by atoms with Crippen molar-refractivity contribution in [3.05, 3.63) is 53.9 Å². The Morgan fingerprint density at radius 1 is 1.00 bits per heavy atom. The molecule has 0 unspecified atom stereocenters. The van der Waals surface area contributed by atoms with Gasteiger partial charge in [-0.2, -0.15) is 0 Å². The Balaban J connectivity index is 1.84. The van der Waals surface area contributed by atoms with Gasteiger partial charge in [0.25, 0.3) is 0 Å². The van der Waals surface area contributed by atoms with Crippen LogP contribution in [0.3, 0.4) is 0 Å². The van der Waals surface area contributed by atoms with Crippen LogP contribution in [0.15, 0.2) is 36.7 Å². The Hall–Kier alpha value is -1.81. The lowest BCUT2D eigenvalue weighted by molar-refractivity contribution is 0.584. The van der Waals surface area contributed by atoms with Gasteiger partial charge in [-0.25, -0.2) is 8.78 Å². The van der Waals surface area contributed by atoms with E-state index in [1.165, 1.54) is 25.0 Å². The van der Waals surface area contributed by atoms with Crippen molar-refractivity contribution < 1.29 is 8.78 Å². The van der Waals surface area contributed by atoms with Crippen LogP contribution in [-0.4, -0.2) is 11.0 Å². The standard InChI is InChI=1S/C15H14F2N2/c16-13-4-11(5-14(17)6-13)12-3-10(7-18-9-12)8-19-15-1-2-15/h3-7,9,15,19H,1-2,8H2. The van der Waals surface area contributed by atoms with E-state index in [9.17, 15) is 8.78 Å². The predicted octanol–water partition coefficient (Wildman–Crippen LogP) is 3.28. The summed E-state index contributed by atoms with van der Waals surface area (Å²) in [5.74, 6) is -1.15. The van der Waals surface area contributed by atoms with Gasteiger partial charge in [-0.15, -0.1) is 0 Å². The number of pyridine rings is 1. The molecule has 2 aromatic rings. The molecule has 0 aliphatic heterocycles. The lowest BCUT2D eigenvalue weighted by Crippen LogP contribution is -2.15. The molecule has 0 radical (unpaired) electrons. The zero-order valence-corrected chi connectivity index (χ0v) is 10.4. The van der Waals surface area contributed by atoms with Crippen molar-refractivity contribution >= 4 is 0 Å². The SMILES string of the molecule is Fc1cc(F)cc(-c2cncc(CNC3CC3)c2)c1. The molecule has 0 saturated heterocycles. The molecule has 0 amide bonds. The lowest BCUT2D eigenvalue weighted by atomic mass is 10.1. The average molecular weight is 260 g/mol. The van der Waals surface area contributed by atoms with E-state index in [1.807, 2.05) is 6.07 Å². The average Bonchev–Trinajstić information content (AvgIpc) is 3.20. The fraction of sp³-hybridized carbons (Fsp3) is 0.267. The van der Waals surface area contributed by atoms with Gasteiger partial charge in [0.15, 0.2) is 0 Å². The van der Waals surface area contributed by atoms with E-state index in [2.05, 4.69) is 10.3 Å². The maximum absolute atomic E-state index is 13.2. The molecule has 1 heterocycles. The largest absolute Gasteiger partial charge is 0.310 e. The number of hydrogen-bond acceptors (Lipinski definition) is 2. The molecule has 1 aliphatic rings. The van der Waals surface area contributed by atoms with Crippen LogP contribution in [-0.2, 0) is 6.54 Å². The second kappa shape index (κ2) is 5.05. The van der Waals surface area contributed by atoms with Gasteiger partial charge in [0.2, 0.25) is 0 Å². The lowest BCUT2D eigenvalue weighted by Gasteiger charge is -2.06. The first kappa shape index (κ1) is 12.2. The van der Waals surface area contributed by atoms with Crippen LogP contribution < -0.4 is 5.32 Å². The Morgan fingerprint density at radius 2 is 1.74 bits per heavy atom. The quantitative estimate of drug-likeness (QED) is 0.912. The summed E-state index contributed by atoms with van der Waals surface area (Å²) in [4.78, 5) is 4.13. The van der Waals surface area contributed by atoms with Crippen molar-refractivity contribution in [2.45, 2.75) is 25.4 Å². The highest BCUT2D eigenvalue weighted by molar-refractivity contribution is 5.63. The molecule has 1 N–H and O–H groups in total. The van der Waals surface area contributed by atoms with Crippen molar-refractivity contribution in [2.75, 3.05) is 0 Å². The molecule has 98 valence electrons. The fourth-order valence-electron chi connectivity index (χ4n) is 2.01. The molecule has 0 atom stereocenters. The van der Waals surface area contributed by atoms with Gasteiger partial charge < -0.3 is 5.32 Å². The second-order valence-corrected chi connectivity index (χ2v) is 4.90. The molecule has 1 saturated carbocycles. The van der Waals surface area contributed by atoms with Crippen molar-refractivity contribution in [2.24, 2.45) is 0 Å². The van der Waals surface area contributed by atoms with Gasteiger partial charge in [-0.05, 0) is 42.2 Å². The van der Waals surface area contributed by atoms with Crippen LogP contribution in [0.25, 0.3) is 11.1 Å². The van der Waals surface area contributed by atoms with Gasteiger partial charge in [-0.3, -0.25) is 4.98 Å². The fourth-order valence-corrected chi connectivity index (χ4v) is 2.01. The molecular formula is C15H14F2N2. The first-order chi connectivity index (χ1) is 9.20. The van der Waals surface area contributed by atoms with Gasteiger partial charge >= 0.3 is 0 Å². The van der Waals surface area contributed by atoms with E-state index < -0.39 is 11.6 Å². The van der Waals surface area contributed by atoms with Crippen molar-refractivity contribution in [3.63, 3.8) is 0 Å². The molecule has 1 aromatic carbocycles. The summed E-state index contributed by atoms with van der Waals surface area (Å²) in [6.45, 7) is 0.739. The third-order valence-electron chi connectivity index (χ3n) is 3.16. The summed E-state index contributed by atoms with van der Waals surface area (Å²) < 4.78 is 26.4. The van der Waals surface area contributed by atoms with Crippen molar-refractivity contribution in [3.8, 4) is 11.1 Å². The zero-order valence-electron chi connectivity index (χ0n) is 10.4. The van der Waals surface area contributed by atoms with E-state index in [-0.39, 0.29) is 0 Å². The first-order valence-corrected chi connectivity index (χ1v) is 6.34. The summed E-state index contributed by atoms with van der Waals surface area (Å²) in [6, 6.07) is 6.04. The number of halogens is 2. The van der Waals surface area contributed by atoms with Crippen molar-refractivity contribution in [1.29, 1.82) is 0 Å². The third-order valence-corrected chi connectivity index (χ3v) is 3.16. The van der Waals surface area contributed by atoms with E-state index in [1.54, 1.807) is 12.4 Å². The highest BCUT2D eigenvalue weighted by atomic mass is 19.1. The molecule has 0 spiro atoms. The Bertz CT molecular complexity index is 574. The summed E-state index contributed by atoms with van der Waals surface area (Å²) in [5, 5.41) is 3.39. The van der Waals surface area contributed by atoms with Gasteiger partial charge in [0.05, 0.1) is 0 Å². The minimum absolute atomic E-state index is 0.512. The van der Waals surface area contributed by atoms with Crippen LogP contribution in [0.4, 0.5) is 8.78 Å². The molecule has 1 aliphatic carbocycles. The summed E-state index contributed by atoms with van der Waals surface area (Å²) >= 11 is 0. The number of rotatable bonds is 4. The maximum Gasteiger partial charge on any atom is 0.126 e. The monoisotopic (exact) mass is 260 g/mol. The van der Waals surface area contributed by atoms with Crippen LogP contribution in [0.1, 0.15) is 18.4 Å². The maximum atomic E-state index is 13.2. The highest BCUT2D eigenvalue weighted by Gasteiger charge is 2.19. The van der Waals surface area contributed by atoms with Crippen LogP contribution in [0.5, 0.6) is 0 Å². The normalized spacial score (nSPS) is 14.6. The molecule has 2 nitrogen and oxygen atoms in total. The third kappa shape index (κ3) is 3.15. The minimum Gasteiger partial charge on any atom is -0.310 e. The van der Waals surface area contributed by atoms with Crippen LogP contribution >= 0.6 is 0 Å².